The molecule has 27 heavy (non-hydrogen) atoms. The molecule has 0 aromatic heterocycles. The van der Waals surface area contributed by atoms with Gasteiger partial charge in [0.2, 0.25) is 11.8 Å². The molecule has 2 atom stereocenters. The van der Waals surface area contributed by atoms with Crippen LogP contribution in [0.1, 0.15) is 50.2 Å². The van der Waals surface area contributed by atoms with Gasteiger partial charge in [-0.2, -0.15) is 0 Å². The first kappa shape index (κ1) is 21.7. The summed E-state index contributed by atoms with van der Waals surface area (Å²) in [6.07, 6.45) is 5.23. The molecule has 1 aromatic carbocycles. The number of likely N-dealkylation sites (N-methyl/N-ethyl adjacent to an activating group) is 1. The first-order valence-corrected chi connectivity index (χ1v) is 9.86. The number of hydrogen-bond donors (Lipinski definition) is 2. The molecule has 2 saturated heterocycles. The van der Waals surface area contributed by atoms with Gasteiger partial charge < -0.3 is 15.5 Å². The van der Waals surface area contributed by atoms with Crippen molar-refractivity contribution in [3.8, 4) is 0 Å². The Morgan fingerprint density at radius 2 is 1.74 bits per heavy atom. The number of nitrogens with zero attached hydrogens (tertiary/aromatic N) is 1. The predicted octanol–water partition coefficient (Wildman–Crippen LogP) is 3.43. The highest BCUT2D eigenvalue weighted by Gasteiger charge is 2.34. The van der Waals surface area contributed by atoms with Gasteiger partial charge in [0.25, 0.3) is 0 Å². The number of fused-ring (bicyclic) bond motifs is 2. The number of halogens is 1. The van der Waals surface area contributed by atoms with Crippen molar-refractivity contribution >= 4 is 29.9 Å². The first-order chi connectivity index (χ1) is 12.5. The molecule has 0 spiro atoms. The third-order valence-corrected chi connectivity index (χ3v) is 5.85. The summed E-state index contributed by atoms with van der Waals surface area (Å²) >= 11 is 0. The van der Waals surface area contributed by atoms with Crippen molar-refractivity contribution in [2.24, 2.45) is 5.92 Å². The molecular weight excluding hydrogens is 362 g/mol. The van der Waals surface area contributed by atoms with Gasteiger partial charge in [-0.15, -0.1) is 12.4 Å². The van der Waals surface area contributed by atoms with Crippen molar-refractivity contribution in [2.45, 2.75) is 65.0 Å². The van der Waals surface area contributed by atoms with Crippen molar-refractivity contribution in [1.82, 2.24) is 10.2 Å². The zero-order valence-corrected chi connectivity index (χ0v) is 17.4. The van der Waals surface area contributed by atoms with Gasteiger partial charge in [0.1, 0.15) is 0 Å². The number of nitrogens with one attached hydrogen (secondary N) is 2. The molecule has 0 aliphatic carbocycles. The zero-order chi connectivity index (χ0) is 18.7. The Hall–Kier alpha value is -1.59. The lowest BCUT2D eigenvalue weighted by atomic mass is 9.89. The number of carbonyl (C=O) groups excluding carboxylic acids is 2. The molecular formula is C21H32ClN3O2. The summed E-state index contributed by atoms with van der Waals surface area (Å²) in [4.78, 5) is 26.9. The van der Waals surface area contributed by atoms with E-state index in [1.165, 1.54) is 12.8 Å². The number of piperidine rings is 1. The average molecular weight is 394 g/mol. The van der Waals surface area contributed by atoms with Crippen LogP contribution >= 0.6 is 12.4 Å². The number of anilines is 1. The van der Waals surface area contributed by atoms with Crippen LogP contribution in [0.5, 0.6) is 0 Å². The predicted molar refractivity (Wildman–Crippen MR) is 111 cm³/mol. The normalized spacial score (nSPS) is 23.4. The van der Waals surface area contributed by atoms with Crippen molar-refractivity contribution in [2.75, 3.05) is 18.4 Å². The van der Waals surface area contributed by atoms with Gasteiger partial charge in [0, 0.05) is 30.7 Å². The van der Waals surface area contributed by atoms with E-state index < -0.39 is 0 Å². The van der Waals surface area contributed by atoms with Crippen molar-refractivity contribution in [3.05, 3.63) is 29.3 Å². The molecule has 2 heterocycles. The Kier molecular flexibility index (Phi) is 7.68. The van der Waals surface area contributed by atoms with Gasteiger partial charge >= 0.3 is 0 Å². The standard InChI is InChI=1S/C21H31N3O2.ClH/c1-4-24(13-19(25)23-21-14(2)6-5-7-15(21)3)20(26)12-16-10-17-8-9-18(11-16)22-17;/h5-7,16-18,22H,4,8-13H2,1-3H3,(H,23,25);1H. The van der Waals surface area contributed by atoms with E-state index in [1.54, 1.807) is 4.90 Å². The highest BCUT2D eigenvalue weighted by molar-refractivity contribution is 5.95. The number of aryl methyl sites for hydroxylation is 2. The summed E-state index contributed by atoms with van der Waals surface area (Å²) in [6, 6.07) is 7.13. The molecule has 2 bridgehead atoms. The highest BCUT2D eigenvalue weighted by Crippen LogP contribution is 2.33. The Morgan fingerprint density at radius 1 is 1.15 bits per heavy atom. The average Bonchev–Trinajstić information content (AvgIpc) is 2.94. The van der Waals surface area contributed by atoms with Crippen LogP contribution in [0.4, 0.5) is 5.69 Å². The van der Waals surface area contributed by atoms with Crippen molar-refractivity contribution < 1.29 is 9.59 Å². The minimum Gasteiger partial charge on any atom is -0.334 e. The van der Waals surface area contributed by atoms with Crippen LogP contribution in [0.3, 0.4) is 0 Å². The SMILES string of the molecule is CCN(CC(=O)Nc1c(C)cccc1C)C(=O)CC1CC2CCC(C1)N2.Cl. The fourth-order valence-electron chi connectivity index (χ4n) is 4.46. The molecule has 2 fully saturated rings. The van der Waals surface area contributed by atoms with Crippen LogP contribution in [-0.4, -0.2) is 41.9 Å². The maximum absolute atomic E-state index is 12.7. The Morgan fingerprint density at radius 3 is 2.30 bits per heavy atom. The van der Waals surface area contributed by atoms with Gasteiger partial charge in [-0.05, 0) is 63.5 Å². The maximum atomic E-state index is 12.7. The van der Waals surface area contributed by atoms with Gasteiger partial charge in [-0.25, -0.2) is 0 Å². The van der Waals surface area contributed by atoms with E-state index in [4.69, 9.17) is 0 Å². The van der Waals surface area contributed by atoms with E-state index in [2.05, 4.69) is 10.6 Å². The first-order valence-electron chi connectivity index (χ1n) is 9.86. The van der Waals surface area contributed by atoms with Crippen LogP contribution < -0.4 is 10.6 Å². The fraction of sp³-hybridized carbons (Fsp3) is 0.619. The number of carbonyl (C=O) groups is 2. The lowest BCUT2D eigenvalue weighted by Gasteiger charge is -2.30. The van der Waals surface area contributed by atoms with Crippen LogP contribution in [0.15, 0.2) is 18.2 Å². The molecule has 1 aromatic rings. The summed E-state index contributed by atoms with van der Waals surface area (Å²) in [5, 5.41) is 6.60. The van der Waals surface area contributed by atoms with E-state index in [1.807, 2.05) is 39.0 Å². The van der Waals surface area contributed by atoms with Crippen molar-refractivity contribution in [3.63, 3.8) is 0 Å². The lowest BCUT2D eigenvalue weighted by Crippen LogP contribution is -2.42. The molecule has 2 aliphatic rings. The van der Waals surface area contributed by atoms with Crippen LogP contribution in [0, 0.1) is 19.8 Å². The topological polar surface area (TPSA) is 61.4 Å². The number of benzene rings is 1. The smallest absolute Gasteiger partial charge is 0.244 e. The second-order valence-electron chi connectivity index (χ2n) is 7.90. The minimum atomic E-state index is -0.122. The molecule has 0 saturated carbocycles. The Labute approximate surface area is 168 Å². The molecule has 2 unspecified atom stereocenters. The van der Waals surface area contributed by atoms with Crippen molar-refractivity contribution in [1.29, 1.82) is 0 Å². The lowest BCUT2D eigenvalue weighted by molar-refractivity contribution is -0.135. The zero-order valence-electron chi connectivity index (χ0n) is 16.6. The molecule has 2 N–H and O–H groups in total. The molecule has 0 radical (unpaired) electrons. The largest absolute Gasteiger partial charge is 0.334 e. The Balaban J connectivity index is 0.00000261. The number of rotatable bonds is 6. The fourth-order valence-corrected chi connectivity index (χ4v) is 4.46. The molecule has 2 aliphatic heterocycles. The summed E-state index contributed by atoms with van der Waals surface area (Å²) < 4.78 is 0. The Bertz CT molecular complexity index is 647. The molecule has 3 rings (SSSR count). The van der Waals surface area contributed by atoms with Crippen LogP contribution in [0.25, 0.3) is 0 Å². The molecule has 5 nitrogen and oxygen atoms in total. The summed E-state index contributed by atoms with van der Waals surface area (Å²) in [5.74, 6) is 0.440. The molecule has 150 valence electrons. The van der Waals surface area contributed by atoms with E-state index in [0.29, 0.717) is 31.0 Å². The van der Waals surface area contributed by atoms with Gasteiger partial charge in [0.15, 0.2) is 0 Å². The van der Waals surface area contributed by atoms with Crippen LogP contribution in [-0.2, 0) is 9.59 Å². The number of hydrogen-bond acceptors (Lipinski definition) is 3. The monoisotopic (exact) mass is 393 g/mol. The van der Waals surface area contributed by atoms with E-state index in [9.17, 15) is 9.59 Å². The van der Waals surface area contributed by atoms with Crippen LogP contribution in [0.2, 0.25) is 0 Å². The summed E-state index contributed by atoms with van der Waals surface area (Å²) in [7, 11) is 0. The second kappa shape index (κ2) is 9.56. The third-order valence-electron chi connectivity index (χ3n) is 5.85. The van der Waals surface area contributed by atoms with Gasteiger partial charge in [-0.1, -0.05) is 18.2 Å². The quantitative estimate of drug-likeness (QED) is 0.778. The summed E-state index contributed by atoms with van der Waals surface area (Å²) in [5.41, 5.74) is 2.94. The summed E-state index contributed by atoms with van der Waals surface area (Å²) in [6.45, 7) is 6.60. The van der Waals surface area contributed by atoms with E-state index >= 15 is 0 Å². The van der Waals surface area contributed by atoms with Gasteiger partial charge in [-0.3, -0.25) is 9.59 Å². The third kappa shape index (κ3) is 5.45. The van der Waals surface area contributed by atoms with E-state index in [-0.39, 0.29) is 30.8 Å². The van der Waals surface area contributed by atoms with E-state index in [0.717, 1.165) is 29.7 Å². The maximum Gasteiger partial charge on any atom is 0.244 e. The number of para-hydroxylation sites is 1. The minimum absolute atomic E-state index is 0. The second-order valence-corrected chi connectivity index (χ2v) is 7.90. The molecule has 2 amide bonds. The highest BCUT2D eigenvalue weighted by atomic mass is 35.5. The molecule has 6 heteroatoms. The van der Waals surface area contributed by atoms with Gasteiger partial charge in [0.05, 0.1) is 6.54 Å². The number of amides is 2.